The first-order valence-electron chi connectivity index (χ1n) is 15.7. The molecule has 15 heteroatoms. The number of benzene rings is 1. The first-order valence-corrected chi connectivity index (χ1v) is 17.2. The van der Waals surface area contributed by atoms with Gasteiger partial charge in [-0.25, -0.2) is 13.2 Å². The van der Waals surface area contributed by atoms with Crippen LogP contribution in [0.25, 0.3) is 0 Å². The summed E-state index contributed by atoms with van der Waals surface area (Å²) in [4.78, 5) is 56.3. The van der Waals surface area contributed by atoms with Crippen LogP contribution in [0.4, 0.5) is 0 Å². The molecule has 0 saturated carbocycles. The third kappa shape index (κ3) is 6.86. The molecule has 1 aromatic carbocycles. The second kappa shape index (κ2) is 13.6. The molecule has 2 fully saturated rings. The van der Waals surface area contributed by atoms with Gasteiger partial charge in [-0.2, -0.15) is 4.31 Å². The number of ether oxygens (including phenoxy) is 1. The van der Waals surface area contributed by atoms with Crippen LogP contribution < -0.4 is 21.2 Å². The summed E-state index contributed by atoms with van der Waals surface area (Å²) in [6, 6.07) is 4.07. The molecular formula is C31H43N5O9S. The number of para-hydroxylation sites is 1. The van der Waals surface area contributed by atoms with Crippen LogP contribution in [0.5, 0.6) is 5.75 Å². The van der Waals surface area contributed by atoms with E-state index < -0.39 is 51.0 Å². The van der Waals surface area contributed by atoms with Crippen LogP contribution in [-0.4, -0.2) is 96.4 Å². The van der Waals surface area contributed by atoms with Crippen LogP contribution in [0, 0.1) is 6.92 Å². The summed E-state index contributed by atoms with van der Waals surface area (Å²) in [6.45, 7) is 6.78. The standard InChI is InChI=1S/C31H43N5O9S/c1-18(2)46(41,42)35-14-12-21-10-11-25(29(38)32-23-13-15-43-26-9-7-6-8-22(23)26)36(21)30(39)24(16-35)33-28(37)19(3)34(5)17-27-20(4)44-31(40)45-27/h6-9,18-19,21,23-25H,10-17H2,1-5H3,(H,32,38)(H,33,37)/t19-,21+,23+,24-,25-/m0/s1. The van der Waals surface area contributed by atoms with E-state index in [4.69, 9.17) is 13.6 Å². The van der Waals surface area contributed by atoms with Gasteiger partial charge in [-0.3, -0.25) is 19.3 Å². The highest BCUT2D eigenvalue weighted by Gasteiger charge is 2.47. The second-order valence-corrected chi connectivity index (χ2v) is 15.0. The molecule has 2 aromatic rings. The Labute approximate surface area is 268 Å². The summed E-state index contributed by atoms with van der Waals surface area (Å²) in [5, 5.41) is 5.18. The van der Waals surface area contributed by atoms with Crippen LogP contribution >= 0.6 is 0 Å². The Bertz CT molecular complexity index is 1620. The van der Waals surface area contributed by atoms with Crippen molar-refractivity contribution in [1.82, 2.24) is 24.7 Å². The van der Waals surface area contributed by atoms with E-state index in [-0.39, 0.29) is 43.4 Å². The molecule has 46 heavy (non-hydrogen) atoms. The Morgan fingerprint density at radius 1 is 1.02 bits per heavy atom. The SMILES string of the molecule is Cc1oc(=O)oc1CN(C)[C@@H](C)C(=O)N[C@H]1CN(S(=O)(=O)C(C)C)CC[C@H]2CC[C@@H](C(=O)N[C@@H]3CCOc4ccccc43)N2C1=O. The highest BCUT2D eigenvalue weighted by molar-refractivity contribution is 7.89. The normalized spacial score (nSPS) is 24.5. The zero-order valence-electron chi connectivity index (χ0n) is 26.9. The molecule has 2 N–H and O–H groups in total. The fourth-order valence-corrected chi connectivity index (χ4v) is 7.69. The first kappa shape index (κ1) is 33.7. The van der Waals surface area contributed by atoms with Crippen molar-refractivity contribution in [3.63, 3.8) is 0 Å². The molecule has 4 heterocycles. The van der Waals surface area contributed by atoms with E-state index >= 15 is 0 Å². The smallest absolute Gasteiger partial charge is 0.493 e. The Hall–Kier alpha value is -3.69. The highest BCUT2D eigenvalue weighted by atomic mass is 32.2. The fourth-order valence-electron chi connectivity index (χ4n) is 6.37. The third-order valence-corrected chi connectivity index (χ3v) is 11.5. The molecule has 0 spiro atoms. The summed E-state index contributed by atoms with van der Waals surface area (Å²) in [5.41, 5.74) is 0.873. The van der Waals surface area contributed by atoms with Crippen molar-refractivity contribution >= 4 is 27.7 Å². The van der Waals surface area contributed by atoms with Crippen LogP contribution in [0.3, 0.4) is 0 Å². The molecule has 0 bridgehead atoms. The number of nitrogens with zero attached hydrogens (tertiary/aromatic N) is 3. The van der Waals surface area contributed by atoms with E-state index in [1.165, 1.54) is 4.31 Å². The number of carbonyl (C=O) groups is 3. The number of hydrogen-bond acceptors (Lipinski definition) is 10. The van der Waals surface area contributed by atoms with Crippen LogP contribution in [-0.2, 0) is 31.0 Å². The van der Waals surface area contributed by atoms with E-state index in [0.717, 1.165) is 5.56 Å². The van der Waals surface area contributed by atoms with Crippen molar-refractivity contribution in [2.45, 2.75) is 95.4 Å². The van der Waals surface area contributed by atoms with Gasteiger partial charge in [-0.05, 0) is 60.1 Å². The Kier molecular flexibility index (Phi) is 9.94. The maximum Gasteiger partial charge on any atom is 0.519 e. The van der Waals surface area contributed by atoms with Crippen LogP contribution in [0.2, 0.25) is 0 Å². The lowest BCUT2D eigenvalue weighted by Gasteiger charge is -2.39. The average Bonchev–Trinajstić information content (AvgIpc) is 3.58. The minimum atomic E-state index is -3.76. The van der Waals surface area contributed by atoms with E-state index in [2.05, 4.69) is 10.6 Å². The monoisotopic (exact) mass is 661 g/mol. The fraction of sp³-hybridized carbons (Fsp3) is 0.613. The van der Waals surface area contributed by atoms with Crippen LogP contribution in [0.15, 0.2) is 37.9 Å². The number of carbonyl (C=O) groups excluding carboxylic acids is 3. The van der Waals surface area contributed by atoms with Gasteiger partial charge in [0.1, 0.15) is 23.6 Å². The number of rotatable bonds is 9. The summed E-state index contributed by atoms with van der Waals surface area (Å²) in [6.07, 6.45) is 1.90. The third-order valence-electron chi connectivity index (χ3n) is 9.27. The number of aryl methyl sites for hydroxylation is 1. The molecule has 3 amide bonds. The van der Waals surface area contributed by atoms with Gasteiger partial charge >= 0.3 is 5.82 Å². The molecule has 14 nitrogen and oxygen atoms in total. The lowest BCUT2D eigenvalue weighted by Crippen LogP contribution is -2.62. The molecule has 3 aliphatic heterocycles. The molecule has 252 valence electrons. The quantitative estimate of drug-likeness (QED) is 0.399. The van der Waals surface area contributed by atoms with Gasteiger partial charge < -0.3 is 29.1 Å². The predicted molar refractivity (Wildman–Crippen MR) is 166 cm³/mol. The highest BCUT2D eigenvalue weighted by Crippen LogP contribution is 2.34. The Balaban J connectivity index is 1.37. The van der Waals surface area contributed by atoms with E-state index in [9.17, 15) is 27.6 Å². The van der Waals surface area contributed by atoms with Crippen molar-refractivity contribution in [3.05, 3.63) is 52.0 Å². The van der Waals surface area contributed by atoms with Gasteiger partial charge in [0.25, 0.3) is 0 Å². The predicted octanol–water partition coefficient (Wildman–Crippen LogP) is 1.29. The zero-order chi connectivity index (χ0) is 33.3. The largest absolute Gasteiger partial charge is 0.519 e. The summed E-state index contributed by atoms with van der Waals surface area (Å²) in [5.74, 6) is -0.888. The zero-order valence-corrected chi connectivity index (χ0v) is 27.7. The maximum atomic E-state index is 14.3. The maximum absolute atomic E-state index is 14.3. The number of amides is 3. The minimum absolute atomic E-state index is 0.0877. The molecule has 1 aromatic heterocycles. The molecule has 0 unspecified atom stereocenters. The number of sulfonamides is 1. The summed E-state index contributed by atoms with van der Waals surface area (Å²) < 4.78 is 43.6. The Morgan fingerprint density at radius 3 is 2.46 bits per heavy atom. The van der Waals surface area contributed by atoms with Gasteiger partial charge in [0, 0.05) is 31.1 Å². The van der Waals surface area contributed by atoms with E-state index in [1.54, 1.807) is 44.5 Å². The average molecular weight is 662 g/mol. The molecule has 0 aliphatic carbocycles. The molecule has 3 aliphatic rings. The molecule has 5 atom stereocenters. The van der Waals surface area contributed by atoms with Gasteiger partial charge in [-0.15, -0.1) is 0 Å². The molecule has 5 rings (SSSR count). The van der Waals surface area contributed by atoms with Gasteiger partial charge in [0.15, 0.2) is 5.76 Å². The molecule has 0 radical (unpaired) electrons. The van der Waals surface area contributed by atoms with Gasteiger partial charge in [0.05, 0.1) is 30.5 Å². The van der Waals surface area contributed by atoms with Crippen molar-refractivity contribution in [3.8, 4) is 5.75 Å². The summed E-state index contributed by atoms with van der Waals surface area (Å²) >= 11 is 0. The lowest BCUT2D eigenvalue weighted by atomic mass is 10.00. The van der Waals surface area contributed by atoms with Crippen molar-refractivity contribution in [2.75, 3.05) is 26.7 Å². The van der Waals surface area contributed by atoms with Crippen LogP contribution in [0.1, 0.15) is 69.6 Å². The number of fused-ring (bicyclic) bond motifs is 2. The van der Waals surface area contributed by atoms with Crippen molar-refractivity contribution in [2.24, 2.45) is 0 Å². The van der Waals surface area contributed by atoms with E-state index in [0.29, 0.717) is 43.8 Å². The second-order valence-electron chi connectivity index (χ2n) is 12.6. The van der Waals surface area contributed by atoms with Crippen molar-refractivity contribution < 1.29 is 36.4 Å². The lowest BCUT2D eigenvalue weighted by molar-refractivity contribution is -0.145. The van der Waals surface area contributed by atoms with Gasteiger partial charge in [-0.1, -0.05) is 18.2 Å². The Morgan fingerprint density at radius 2 is 1.76 bits per heavy atom. The molecular weight excluding hydrogens is 618 g/mol. The number of hydrogen-bond donors (Lipinski definition) is 2. The van der Waals surface area contributed by atoms with E-state index in [1.807, 2.05) is 24.3 Å². The first-order chi connectivity index (χ1) is 21.8. The van der Waals surface area contributed by atoms with Gasteiger partial charge in [0.2, 0.25) is 27.7 Å². The number of likely N-dealkylation sites (N-methyl/N-ethyl adjacent to an activating group) is 1. The minimum Gasteiger partial charge on any atom is -0.493 e. The van der Waals surface area contributed by atoms with Crippen molar-refractivity contribution in [1.29, 1.82) is 0 Å². The summed E-state index contributed by atoms with van der Waals surface area (Å²) in [7, 11) is -2.11. The number of nitrogens with one attached hydrogen (secondary N) is 2. The molecule has 2 saturated heterocycles. The topological polar surface area (TPSA) is 172 Å².